The van der Waals surface area contributed by atoms with Crippen LogP contribution in [0, 0.1) is 0 Å². The maximum Gasteiger partial charge on any atom is 0.261 e. The molecule has 2 amide bonds. The lowest BCUT2D eigenvalue weighted by molar-refractivity contribution is 0.0916. The Balaban J connectivity index is 1.80. The Morgan fingerprint density at radius 1 is 1.05 bits per heavy atom. The zero-order valence-corrected chi connectivity index (χ0v) is 15.8. The smallest absolute Gasteiger partial charge is 0.261 e. The van der Waals surface area contributed by atoms with Crippen LogP contribution in [0.3, 0.4) is 0 Å². The molecule has 0 radical (unpaired) electrons. The van der Waals surface area contributed by atoms with Crippen molar-refractivity contribution in [1.82, 2.24) is 10.6 Å². The molecule has 0 saturated heterocycles. The molecule has 21 heavy (non-hydrogen) atoms. The predicted octanol–water partition coefficient (Wildman–Crippen LogP) is 3.88. The molecule has 2 aromatic rings. The maximum atomic E-state index is 11.9. The zero-order valence-electron chi connectivity index (χ0n) is 11.0. The van der Waals surface area contributed by atoms with Crippen LogP contribution in [-0.4, -0.2) is 24.4 Å². The van der Waals surface area contributed by atoms with Crippen LogP contribution >= 0.6 is 54.5 Å². The fraction of sp³-hybridized carbons (Fsp3) is 0.231. The Morgan fingerprint density at radius 3 is 2.05 bits per heavy atom. The fourth-order valence-corrected chi connectivity index (χ4v) is 4.14. The van der Waals surface area contributed by atoms with Crippen molar-refractivity contribution >= 4 is 66.3 Å². The van der Waals surface area contributed by atoms with Crippen molar-refractivity contribution in [3.05, 3.63) is 41.6 Å². The van der Waals surface area contributed by atoms with E-state index in [1.807, 2.05) is 19.1 Å². The van der Waals surface area contributed by atoms with Gasteiger partial charge in [-0.15, -0.1) is 22.7 Å². The van der Waals surface area contributed by atoms with Gasteiger partial charge in [0.05, 0.1) is 17.3 Å². The molecule has 4 nitrogen and oxygen atoms in total. The first kappa shape index (κ1) is 16.7. The van der Waals surface area contributed by atoms with E-state index in [1.54, 1.807) is 12.1 Å². The van der Waals surface area contributed by atoms with Crippen molar-refractivity contribution in [2.75, 3.05) is 6.54 Å². The highest BCUT2D eigenvalue weighted by molar-refractivity contribution is 9.11. The second-order valence-electron chi connectivity index (χ2n) is 4.29. The second kappa shape index (κ2) is 7.53. The number of nitrogens with one attached hydrogen (secondary N) is 2. The molecule has 0 aliphatic rings. The summed E-state index contributed by atoms with van der Waals surface area (Å²) >= 11 is 9.39. The van der Waals surface area contributed by atoms with Gasteiger partial charge in [0.1, 0.15) is 0 Å². The number of carbonyl (C=O) groups excluding carboxylic acids is 2. The summed E-state index contributed by atoms with van der Waals surface area (Å²) in [5.41, 5.74) is 0. The average Bonchev–Trinajstić information content (AvgIpc) is 3.04. The SMILES string of the molecule is C[C@H](CNC(=O)c1ccc(Br)s1)NC(=O)c1ccc(Br)s1. The van der Waals surface area contributed by atoms with E-state index < -0.39 is 0 Å². The summed E-state index contributed by atoms with van der Waals surface area (Å²) in [6.07, 6.45) is 0. The highest BCUT2D eigenvalue weighted by Crippen LogP contribution is 2.22. The normalized spacial score (nSPS) is 12.0. The maximum absolute atomic E-state index is 11.9. The Labute approximate surface area is 147 Å². The molecule has 0 spiro atoms. The molecule has 0 aromatic carbocycles. The molecule has 0 saturated carbocycles. The summed E-state index contributed by atoms with van der Waals surface area (Å²) in [6.45, 7) is 2.23. The first-order valence-electron chi connectivity index (χ1n) is 6.05. The highest BCUT2D eigenvalue weighted by atomic mass is 79.9. The van der Waals surface area contributed by atoms with Gasteiger partial charge >= 0.3 is 0 Å². The number of hydrogen-bond acceptors (Lipinski definition) is 4. The van der Waals surface area contributed by atoms with Gasteiger partial charge in [0.25, 0.3) is 11.8 Å². The molecular weight excluding hydrogens is 440 g/mol. The number of thiophene rings is 2. The van der Waals surface area contributed by atoms with Crippen LogP contribution in [-0.2, 0) is 0 Å². The summed E-state index contributed by atoms with van der Waals surface area (Å²) < 4.78 is 1.83. The molecule has 0 bridgehead atoms. The minimum Gasteiger partial charge on any atom is -0.349 e. The first-order valence-corrected chi connectivity index (χ1v) is 9.27. The van der Waals surface area contributed by atoms with Crippen molar-refractivity contribution in [3.63, 3.8) is 0 Å². The zero-order chi connectivity index (χ0) is 15.4. The second-order valence-corrected chi connectivity index (χ2v) is 9.22. The number of carbonyl (C=O) groups is 2. The molecule has 112 valence electrons. The molecule has 0 unspecified atom stereocenters. The van der Waals surface area contributed by atoms with E-state index in [-0.39, 0.29) is 17.9 Å². The van der Waals surface area contributed by atoms with Crippen LogP contribution < -0.4 is 10.6 Å². The lowest BCUT2D eigenvalue weighted by atomic mass is 10.3. The van der Waals surface area contributed by atoms with Gasteiger partial charge in [-0.3, -0.25) is 9.59 Å². The van der Waals surface area contributed by atoms with E-state index >= 15 is 0 Å². The Morgan fingerprint density at radius 2 is 1.57 bits per heavy atom. The molecule has 0 fully saturated rings. The van der Waals surface area contributed by atoms with Crippen molar-refractivity contribution in [2.24, 2.45) is 0 Å². The van der Waals surface area contributed by atoms with Crippen LogP contribution in [0.25, 0.3) is 0 Å². The Hall–Kier alpha value is -0.700. The van der Waals surface area contributed by atoms with Gasteiger partial charge in [0, 0.05) is 12.6 Å². The number of rotatable bonds is 5. The fourth-order valence-electron chi connectivity index (χ4n) is 1.55. The molecule has 1 atom stereocenters. The molecule has 2 aromatic heterocycles. The van der Waals surface area contributed by atoms with E-state index in [2.05, 4.69) is 42.5 Å². The quantitative estimate of drug-likeness (QED) is 0.724. The van der Waals surface area contributed by atoms with Gasteiger partial charge in [-0.2, -0.15) is 0 Å². The number of amides is 2. The van der Waals surface area contributed by atoms with E-state index in [4.69, 9.17) is 0 Å². The Bertz CT molecular complexity index is 654. The third-order valence-electron chi connectivity index (χ3n) is 2.54. The summed E-state index contributed by atoms with van der Waals surface area (Å²) in [6, 6.07) is 7.04. The minimum absolute atomic E-state index is 0.133. The molecule has 0 aliphatic carbocycles. The van der Waals surface area contributed by atoms with Crippen molar-refractivity contribution in [2.45, 2.75) is 13.0 Å². The molecular formula is C13H12Br2N2O2S2. The molecule has 8 heteroatoms. The van der Waals surface area contributed by atoms with Gasteiger partial charge in [-0.05, 0) is 63.0 Å². The molecule has 2 rings (SSSR count). The standard InChI is InChI=1S/C13H12Br2N2O2S2/c1-7(17-13(19)9-3-5-11(15)21-9)6-16-12(18)8-2-4-10(14)20-8/h2-5,7H,6H2,1H3,(H,16,18)(H,17,19)/t7-/m1/s1. The van der Waals surface area contributed by atoms with Gasteiger partial charge < -0.3 is 10.6 Å². The van der Waals surface area contributed by atoms with Crippen LogP contribution in [0.15, 0.2) is 31.8 Å². The van der Waals surface area contributed by atoms with Gasteiger partial charge in [-0.1, -0.05) is 0 Å². The minimum atomic E-state index is -0.147. The van der Waals surface area contributed by atoms with E-state index in [1.165, 1.54) is 22.7 Å². The molecule has 0 aliphatic heterocycles. The van der Waals surface area contributed by atoms with Gasteiger partial charge in [0.15, 0.2) is 0 Å². The lowest BCUT2D eigenvalue weighted by Crippen LogP contribution is -2.41. The van der Waals surface area contributed by atoms with Gasteiger partial charge in [-0.25, -0.2) is 0 Å². The van der Waals surface area contributed by atoms with Crippen molar-refractivity contribution < 1.29 is 9.59 Å². The molecule has 2 N–H and O–H groups in total. The largest absolute Gasteiger partial charge is 0.349 e. The third-order valence-corrected chi connectivity index (χ3v) is 5.79. The summed E-state index contributed by atoms with van der Waals surface area (Å²) in [5, 5.41) is 5.66. The number of hydrogen-bond donors (Lipinski definition) is 2. The van der Waals surface area contributed by atoms with Crippen LogP contribution in [0.5, 0.6) is 0 Å². The van der Waals surface area contributed by atoms with Crippen LogP contribution in [0.4, 0.5) is 0 Å². The summed E-state index contributed by atoms with van der Waals surface area (Å²) in [5.74, 6) is -0.267. The monoisotopic (exact) mass is 450 g/mol. The van der Waals surface area contributed by atoms with E-state index in [9.17, 15) is 9.59 Å². The first-order chi connectivity index (χ1) is 9.95. The summed E-state index contributed by atoms with van der Waals surface area (Å²) in [7, 11) is 0. The van der Waals surface area contributed by atoms with Crippen molar-refractivity contribution in [1.29, 1.82) is 0 Å². The number of halogens is 2. The lowest BCUT2D eigenvalue weighted by Gasteiger charge is -2.13. The van der Waals surface area contributed by atoms with E-state index in [0.29, 0.717) is 16.3 Å². The van der Waals surface area contributed by atoms with E-state index in [0.717, 1.165) is 7.57 Å². The van der Waals surface area contributed by atoms with Crippen molar-refractivity contribution in [3.8, 4) is 0 Å². The third kappa shape index (κ3) is 4.91. The summed E-state index contributed by atoms with van der Waals surface area (Å²) in [4.78, 5) is 25.1. The van der Waals surface area contributed by atoms with Crippen LogP contribution in [0.2, 0.25) is 0 Å². The topological polar surface area (TPSA) is 58.2 Å². The van der Waals surface area contributed by atoms with Gasteiger partial charge in [0.2, 0.25) is 0 Å². The van der Waals surface area contributed by atoms with Crippen LogP contribution in [0.1, 0.15) is 26.3 Å². The molecule has 2 heterocycles. The highest BCUT2D eigenvalue weighted by Gasteiger charge is 2.14. The Kier molecular flexibility index (Phi) is 5.98. The average molecular weight is 452 g/mol. The predicted molar refractivity (Wildman–Crippen MR) is 93.3 cm³/mol.